The highest BCUT2D eigenvalue weighted by Gasteiger charge is 2.30. The maximum Gasteiger partial charge on any atom is 0.573 e. The summed E-state index contributed by atoms with van der Waals surface area (Å²) in [5.41, 5.74) is 0.392. The van der Waals surface area contributed by atoms with E-state index in [1.54, 1.807) is 14.1 Å². The van der Waals surface area contributed by atoms with Crippen LogP contribution in [0.4, 0.5) is 18.9 Å². The molecule has 0 saturated heterocycles. The minimum Gasteiger partial charge on any atom is -0.406 e. The number of hydrogen-bond acceptors (Lipinski definition) is 3. The highest BCUT2D eigenvalue weighted by molar-refractivity contribution is 6.02. The predicted molar refractivity (Wildman–Crippen MR) is 76.3 cm³/mol. The first-order chi connectivity index (χ1) is 9.17. The van der Waals surface area contributed by atoms with Gasteiger partial charge in [-0.2, -0.15) is 0 Å². The van der Waals surface area contributed by atoms with E-state index in [1.165, 1.54) is 17.0 Å². The molecule has 0 amide bonds. The lowest BCUT2D eigenvalue weighted by atomic mass is 10.3. The number of anilines is 1. The molecule has 0 aliphatic carbocycles. The van der Waals surface area contributed by atoms with Gasteiger partial charge in [0.05, 0.1) is 0 Å². The minimum absolute atomic E-state index is 0. The van der Waals surface area contributed by atoms with Gasteiger partial charge in [-0.05, 0) is 24.3 Å². The first-order valence-corrected chi connectivity index (χ1v) is 5.41. The van der Waals surface area contributed by atoms with Crippen molar-refractivity contribution in [3.63, 3.8) is 0 Å². The molecule has 0 radical (unpaired) electrons. The summed E-state index contributed by atoms with van der Waals surface area (Å²) >= 11 is 0. The third-order valence-corrected chi connectivity index (χ3v) is 2.05. The van der Waals surface area contributed by atoms with Crippen LogP contribution in [0.15, 0.2) is 24.3 Å². The summed E-state index contributed by atoms with van der Waals surface area (Å²) in [6.45, 7) is 0. The Kier molecular flexibility index (Phi) is 6.80. The Bertz CT molecular complexity index is 490. The molecule has 0 saturated carbocycles. The number of halogens is 4. The van der Waals surface area contributed by atoms with Gasteiger partial charge in [-0.1, -0.05) is 0 Å². The lowest BCUT2D eigenvalue weighted by Gasteiger charge is -2.16. The molecular formula is C11H15ClF3N5O. The van der Waals surface area contributed by atoms with Crippen molar-refractivity contribution in [2.24, 2.45) is 0 Å². The maximum atomic E-state index is 12.0. The monoisotopic (exact) mass is 325 g/mol. The van der Waals surface area contributed by atoms with Crippen molar-refractivity contribution >= 4 is 30.0 Å². The average Bonchev–Trinajstić information content (AvgIpc) is 2.29. The third kappa shape index (κ3) is 7.25. The normalized spacial score (nSPS) is 10.1. The molecule has 1 aromatic rings. The average molecular weight is 326 g/mol. The first kappa shape index (κ1) is 18.8. The smallest absolute Gasteiger partial charge is 0.406 e. The Morgan fingerprint density at radius 2 is 1.67 bits per heavy atom. The fourth-order valence-corrected chi connectivity index (χ4v) is 1.15. The molecule has 6 nitrogen and oxygen atoms in total. The summed E-state index contributed by atoms with van der Waals surface area (Å²) in [5, 5.41) is 20.0. The highest BCUT2D eigenvalue weighted by atomic mass is 35.5. The Morgan fingerprint density at radius 3 is 2.10 bits per heavy atom. The van der Waals surface area contributed by atoms with Crippen LogP contribution in [0.2, 0.25) is 0 Å². The van der Waals surface area contributed by atoms with Gasteiger partial charge in [0, 0.05) is 19.8 Å². The summed E-state index contributed by atoms with van der Waals surface area (Å²) in [4.78, 5) is 1.45. The second kappa shape index (κ2) is 7.58. The molecule has 21 heavy (non-hydrogen) atoms. The van der Waals surface area contributed by atoms with E-state index in [0.717, 1.165) is 12.1 Å². The van der Waals surface area contributed by atoms with E-state index in [-0.39, 0.29) is 30.1 Å². The van der Waals surface area contributed by atoms with Crippen LogP contribution in [0.5, 0.6) is 5.75 Å². The van der Waals surface area contributed by atoms with E-state index in [4.69, 9.17) is 10.8 Å². The Hall–Kier alpha value is -2.16. The molecule has 0 fully saturated rings. The summed E-state index contributed by atoms with van der Waals surface area (Å²) in [6, 6.07) is 4.91. The number of benzene rings is 1. The van der Waals surface area contributed by atoms with Crippen molar-refractivity contribution in [3.8, 4) is 5.75 Å². The number of alkyl halides is 3. The number of rotatable bonds is 2. The van der Waals surface area contributed by atoms with Crippen LogP contribution in [0.25, 0.3) is 0 Å². The lowest BCUT2D eigenvalue weighted by Crippen LogP contribution is -2.42. The molecule has 0 aliphatic rings. The third-order valence-electron chi connectivity index (χ3n) is 2.05. The van der Waals surface area contributed by atoms with E-state index < -0.39 is 6.36 Å². The minimum atomic E-state index is -4.73. The molecule has 0 aromatic heterocycles. The second-order valence-electron chi connectivity index (χ2n) is 3.94. The van der Waals surface area contributed by atoms with Crippen LogP contribution >= 0.6 is 12.4 Å². The van der Waals surface area contributed by atoms with Gasteiger partial charge in [-0.3, -0.25) is 16.1 Å². The zero-order chi connectivity index (χ0) is 15.3. The Labute approximate surface area is 125 Å². The van der Waals surface area contributed by atoms with Gasteiger partial charge < -0.3 is 15.0 Å². The number of hydrogen-bond donors (Lipinski definition) is 4. The van der Waals surface area contributed by atoms with Gasteiger partial charge in [-0.15, -0.1) is 25.6 Å². The molecule has 1 aromatic carbocycles. The molecule has 1 rings (SSSR count). The molecule has 10 heteroatoms. The van der Waals surface area contributed by atoms with E-state index >= 15 is 0 Å². The van der Waals surface area contributed by atoms with Crippen LogP contribution < -0.4 is 15.4 Å². The Morgan fingerprint density at radius 1 is 1.14 bits per heavy atom. The molecular weight excluding hydrogens is 311 g/mol. The van der Waals surface area contributed by atoms with Gasteiger partial charge in [0.1, 0.15) is 5.75 Å². The fraction of sp³-hybridized carbons (Fsp3) is 0.273. The van der Waals surface area contributed by atoms with Gasteiger partial charge >= 0.3 is 6.36 Å². The molecule has 0 atom stereocenters. The van der Waals surface area contributed by atoms with E-state index in [2.05, 4.69) is 15.4 Å². The van der Waals surface area contributed by atoms with Gasteiger partial charge in [-0.25, -0.2) is 0 Å². The molecule has 0 spiro atoms. The summed E-state index contributed by atoms with van der Waals surface area (Å²) in [5.74, 6) is -0.517. The zero-order valence-electron chi connectivity index (χ0n) is 11.2. The number of nitrogens with one attached hydrogen (secondary N) is 4. The van der Waals surface area contributed by atoms with Crippen molar-refractivity contribution in [3.05, 3.63) is 24.3 Å². The van der Waals surface area contributed by atoms with E-state index in [0.29, 0.717) is 5.69 Å². The van der Waals surface area contributed by atoms with Gasteiger partial charge in [0.2, 0.25) is 0 Å². The quantitative estimate of drug-likeness (QED) is 0.497. The van der Waals surface area contributed by atoms with E-state index in [1.807, 2.05) is 0 Å². The number of guanidine groups is 2. The molecule has 0 unspecified atom stereocenters. The van der Waals surface area contributed by atoms with Crippen LogP contribution in [0.1, 0.15) is 0 Å². The van der Waals surface area contributed by atoms with Crippen molar-refractivity contribution in [2.45, 2.75) is 6.36 Å². The van der Waals surface area contributed by atoms with Crippen molar-refractivity contribution in [1.82, 2.24) is 10.2 Å². The maximum absolute atomic E-state index is 12.0. The summed E-state index contributed by atoms with van der Waals surface area (Å²) < 4.78 is 39.6. The topological polar surface area (TPSA) is 84.2 Å². The zero-order valence-corrected chi connectivity index (χ0v) is 12.0. The number of nitrogens with zero attached hydrogens (tertiary/aromatic N) is 1. The largest absolute Gasteiger partial charge is 0.573 e. The summed E-state index contributed by atoms with van der Waals surface area (Å²) in [7, 11) is 3.26. The highest BCUT2D eigenvalue weighted by Crippen LogP contribution is 2.23. The second-order valence-corrected chi connectivity index (χ2v) is 3.94. The molecule has 0 bridgehead atoms. The Balaban J connectivity index is 0.00000400. The molecule has 4 N–H and O–H groups in total. The van der Waals surface area contributed by atoms with Gasteiger partial charge in [0.25, 0.3) is 0 Å². The van der Waals surface area contributed by atoms with Crippen molar-refractivity contribution in [2.75, 3.05) is 19.4 Å². The lowest BCUT2D eigenvalue weighted by molar-refractivity contribution is -0.274. The fourth-order valence-electron chi connectivity index (χ4n) is 1.15. The van der Waals surface area contributed by atoms with Crippen LogP contribution in [-0.2, 0) is 0 Å². The van der Waals surface area contributed by atoms with Crippen LogP contribution in [0, 0.1) is 10.8 Å². The molecule has 0 heterocycles. The molecule has 118 valence electrons. The number of ether oxygens (including phenoxy) is 1. The molecule has 0 aliphatic heterocycles. The van der Waals surface area contributed by atoms with Crippen LogP contribution in [0.3, 0.4) is 0 Å². The first-order valence-electron chi connectivity index (χ1n) is 5.41. The van der Waals surface area contributed by atoms with Crippen LogP contribution in [-0.4, -0.2) is 37.3 Å². The van der Waals surface area contributed by atoms with Crippen molar-refractivity contribution < 1.29 is 17.9 Å². The van der Waals surface area contributed by atoms with Crippen molar-refractivity contribution in [1.29, 1.82) is 10.8 Å². The predicted octanol–water partition coefficient (Wildman–Crippen LogP) is 2.44. The van der Waals surface area contributed by atoms with E-state index in [9.17, 15) is 13.2 Å². The standard InChI is InChI=1S/C11H14F3N5O.ClH/c1-19(2)10(16)18-9(15)17-7-3-5-8(6-4-7)20-11(12,13)14;/h3-6H,1-2H3,(H4,15,16,17,18);1H. The summed E-state index contributed by atoms with van der Waals surface area (Å²) in [6.07, 6.45) is -4.73. The van der Waals surface area contributed by atoms with Gasteiger partial charge in [0.15, 0.2) is 11.9 Å². The SMILES string of the molecule is CN(C)C(=N)NC(=N)Nc1ccc(OC(F)(F)F)cc1.Cl.